The number of halogens is 1. The molecule has 2 atom stereocenters. The van der Waals surface area contributed by atoms with Crippen molar-refractivity contribution in [3.05, 3.63) is 34.9 Å². The van der Waals surface area contributed by atoms with E-state index >= 15 is 0 Å². The Morgan fingerprint density at radius 2 is 1.96 bits per heavy atom. The Hall–Kier alpha value is -2.08. The van der Waals surface area contributed by atoms with E-state index in [0.717, 1.165) is 31.5 Å². The fraction of sp³-hybridized carbons (Fsp3) is 0.471. The zero-order valence-electron chi connectivity index (χ0n) is 13.5. The summed E-state index contributed by atoms with van der Waals surface area (Å²) >= 11 is 5.87. The van der Waals surface area contributed by atoms with Gasteiger partial charge in [0.15, 0.2) is 0 Å². The maximum absolute atomic E-state index is 12.3. The summed E-state index contributed by atoms with van der Waals surface area (Å²) in [6.45, 7) is 3.24. The summed E-state index contributed by atoms with van der Waals surface area (Å²) < 4.78 is 0. The summed E-state index contributed by atoms with van der Waals surface area (Å²) in [6.07, 6.45) is 1.72. The molecule has 2 amide bonds. The maximum Gasteiger partial charge on any atom is 0.264 e. The lowest BCUT2D eigenvalue weighted by molar-refractivity contribution is -0.138. The van der Waals surface area contributed by atoms with E-state index < -0.39 is 12.1 Å². The molecule has 1 saturated heterocycles. The normalized spacial score (nSPS) is 21.2. The summed E-state index contributed by atoms with van der Waals surface area (Å²) in [7, 11) is 0. The van der Waals surface area contributed by atoms with Crippen LogP contribution in [-0.2, 0) is 14.4 Å². The Morgan fingerprint density at radius 1 is 1.29 bits per heavy atom. The summed E-state index contributed by atoms with van der Waals surface area (Å²) in [4.78, 5) is 31.6. The minimum absolute atomic E-state index is 0.0438. The molecule has 7 heteroatoms. The lowest BCUT2D eigenvalue weighted by Crippen LogP contribution is -2.48. The number of nitrogens with zero attached hydrogens (tertiary/aromatic N) is 2. The molecular formula is C17H20ClN3O3. The van der Waals surface area contributed by atoms with Gasteiger partial charge in [-0.15, -0.1) is 0 Å². The number of hydrogen-bond donors (Lipinski definition) is 1. The Balaban J connectivity index is 1.53. The van der Waals surface area contributed by atoms with Crippen LogP contribution in [0.2, 0.25) is 5.02 Å². The SMILES string of the molecule is CC(NC(=O)C1CC(c2ccc(Cl)cc2)=NO1)C(=O)N1CCCC1. The molecule has 1 fully saturated rings. The van der Waals surface area contributed by atoms with Crippen LogP contribution in [0.15, 0.2) is 29.4 Å². The minimum Gasteiger partial charge on any atom is -0.382 e. The first kappa shape index (κ1) is 16.8. The lowest BCUT2D eigenvalue weighted by Gasteiger charge is -2.21. The van der Waals surface area contributed by atoms with Crippen LogP contribution in [-0.4, -0.2) is 47.7 Å². The molecule has 2 heterocycles. The van der Waals surface area contributed by atoms with Crippen LogP contribution in [0.25, 0.3) is 0 Å². The number of amides is 2. The molecule has 0 bridgehead atoms. The topological polar surface area (TPSA) is 71.0 Å². The van der Waals surface area contributed by atoms with Gasteiger partial charge < -0.3 is 15.1 Å². The fourth-order valence-corrected chi connectivity index (χ4v) is 3.04. The highest BCUT2D eigenvalue weighted by molar-refractivity contribution is 6.30. The molecule has 2 aliphatic rings. The number of benzene rings is 1. The molecule has 128 valence electrons. The third kappa shape index (κ3) is 3.70. The van der Waals surface area contributed by atoms with E-state index in [9.17, 15) is 9.59 Å². The molecule has 6 nitrogen and oxygen atoms in total. The van der Waals surface area contributed by atoms with Crippen LogP contribution >= 0.6 is 11.6 Å². The van der Waals surface area contributed by atoms with Gasteiger partial charge in [-0.25, -0.2) is 0 Å². The van der Waals surface area contributed by atoms with E-state index in [4.69, 9.17) is 16.4 Å². The zero-order valence-corrected chi connectivity index (χ0v) is 14.3. The van der Waals surface area contributed by atoms with Crippen molar-refractivity contribution in [2.45, 2.75) is 38.3 Å². The van der Waals surface area contributed by atoms with Gasteiger partial charge in [-0.2, -0.15) is 0 Å². The van der Waals surface area contributed by atoms with E-state index in [2.05, 4.69) is 10.5 Å². The Labute approximate surface area is 145 Å². The first-order valence-corrected chi connectivity index (χ1v) is 8.50. The Kier molecular flexibility index (Phi) is 5.04. The van der Waals surface area contributed by atoms with Gasteiger partial charge in [-0.3, -0.25) is 9.59 Å². The minimum atomic E-state index is -0.704. The van der Waals surface area contributed by atoms with Crippen LogP contribution in [0, 0.1) is 0 Å². The van der Waals surface area contributed by atoms with Gasteiger partial charge in [0.2, 0.25) is 12.0 Å². The predicted octanol–water partition coefficient (Wildman–Crippen LogP) is 1.96. The second-order valence-corrected chi connectivity index (χ2v) is 6.54. The van der Waals surface area contributed by atoms with Crippen molar-refractivity contribution in [2.24, 2.45) is 5.16 Å². The van der Waals surface area contributed by atoms with Crippen molar-refractivity contribution in [2.75, 3.05) is 13.1 Å². The maximum atomic E-state index is 12.3. The molecule has 0 aliphatic carbocycles. The highest BCUT2D eigenvalue weighted by Crippen LogP contribution is 2.19. The van der Waals surface area contributed by atoms with Crippen molar-refractivity contribution in [3.8, 4) is 0 Å². The summed E-state index contributed by atoms with van der Waals surface area (Å²) in [5, 5.41) is 7.36. The van der Waals surface area contributed by atoms with Crippen molar-refractivity contribution >= 4 is 29.1 Å². The van der Waals surface area contributed by atoms with Gasteiger partial charge in [0, 0.05) is 24.5 Å². The molecule has 3 rings (SSSR count). The third-order valence-electron chi connectivity index (χ3n) is 4.29. The lowest BCUT2D eigenvalue weighted by atomic mass is 10.0. The Bertz CT molecular complexity index is 654. The number of carbonyl (C=O) groups is 2. The molecule has 2 aliphatic heterocycles. The van der Waals surface area contributed by atoms with Crippen LogP contribution in [0.4, 0.5) is 0 Å². The van der Waals surface area contributed by atoms with Crippen molar-refractivity contribution in [1.29, 1.82) is 0 Å². The number of oxime groups is 1. The molecule has 0 radical (unpaired) electrons. The highest BCUT2D eigenvalue weighted by Gasteiger charge is 2.32. The van der Waals surface area contributed by atoms with Gasteiger partial charge in [0.25, 0.3) is 5.91 Å². The van der Waals surface area contributed by atoms with Crippen LogP contribution in [0.1, 0.15) is 31.7 Å². The highest BCUT2D eigenvalue weighted by atomic mass is 35.5. The average molecular weight is 350 g/mol. The summed E-state index contributed by atoms with van der Waals surface area (Å²) in [5.41, 5.74) is 1.57. The molecule has 24 heavy (non-hydrogen) atoms. The van der Waals surface area contributed by atoms with Gasteiger partial charge in [-0.05, 0) is 37.5 Å². The predicted molar refractivity (Wildman–Crippen MR) is 90.9 cm³/mol. The van der Waals surface area contributed by atoms with E-state index in [-0.39, 0.29) is 11.8 Å². The van der Waals surface area contributed by atoms with E-state index in [1.807, 2.05) is 12.1 Å². The van der Waals surface area contributed by atoms with Crippen molar-refractivity contribution < 1.29 is 14.4 Å². The van der Waals surface area contributed by atoms with Crippen LogP contribution in [0.3, 0.4) is 0 Å². The smallest absolute Gasteiger partial charge is 0.264 e. The number of nitrogens with one attached hydrogen (secondary N) is 1. The van der Waals surface area contributed by atoms with E-state index in [1.165, 1.54) is 0 Å². The van der Waals surface area contributed by atoms with Crippen molar-refractivity contribution in [3.63, 3.8) is 0 Å². The molecule has 0 spiro atoms. The van der Waals surface area contributed by atoms with Crippen LogP contribution < -0.4 is 5.32 Å². The molecule has 0 saturated carbocycles. The number of likely N-dealkylation sites (tertiary alicyclic amines) is 1. The molecule has 1 aromatic carbocycles. The number of hydrogen-bond acceptors (Lipinski definition) is 4. The Morgan fingerprint density at radius 3 is 2.62 bits per heavy atom. The zero-order chi connectivity index (χ0) is 17.1. The second-order valence-electron chi connectivity index (χ2n) is 6.11. The third-order valence-corrected chi connectivity index (χ3v) is 4.54. The number of carbonyl (C=O) groups excluding carboxylic acids is 2. The average Bonchev–Trinajstić information content (AvgIpc) is 3.26. The van der Waals surface area contributed by atoms with Gasteiger partial charge in [0.1, 0.15) is 6.04 Å². The van der Waals surface area contributed by atoms with E-state index in [1.54, 1.807) is 24.0 Å². The first-order valence-electron chi connectivity index (χ1n) is 8.12. The van der Waals surface area contributed by atoms with Gasteiger partial charge in [-0.1, -0.05) is 28.9 Å². The van der Waals surface area contributed by atoms with Gasteiger partial charge >= 0.3 is 0 Å². The van der Waals surface area contributed by atoms with Gasteiger partial charge in [0.05, 0.1) is 5.71 Å². The molecule has 2 unspecified atom stereocenters. The molecule has 1 aromatic rings. The first-order chi connectivity index (χ1) is 11.5. The summed E-state index contributed by atoms with van der Waals surface area (Å²) in [6, 6.07) is 6.65. The second kappa shape index (κ2) is 7.21. The fourth-order valence-electron chi connectivity index (χ4n) is 2.91. The monoisotopic (exact) mass is 349 g/mol. The molecule has 0 aromatic heterocycles. The molecular weight excluding hydrogens is 330 g/mol. The summed E-state index contributed by atoms with van der Waals surface area (Å²) in [5.74, 6) is -0.361. The standard InChI is InChI=1S/C17H20ClN3O3/c1-11(17(23)21-8-2-3-9-21)19-16(22)15-10-14(20-24-15)12-4-6-13(18)7-5-12/h4-7,11,15H,2-3,8-10H2,1H3,(H,19,22). The number of rotatable bonds is 4. The van der Waals surface area contributed by atoms with Crippen LogP contribution in [0.5, 0.6) is 0 Å². The quantitative estimate of drug-likeness (QED) is 0.903. The van der Waals surface area contributed by atoms with Crippen molar-refractivity contribution in [1.82, 2.24) is 10.2 Å². The van der Waals surface area contributed by atoms with E-state index in [0.29, 0.717) is 17.2 Å². The molecule has 1 N–H and O–H groups in total. The largest absolute Gasteiger partial charge is 0.382 e.